The van der Waals surface area contributed by atoms with Gasteiger partial charge in [-0.2, -0.15) is 0 Å². The van der Waals surface area contributed by atoms with E-state index >= 15 is 0 Å². The Balaban J connectivity index is 2.09. The van der Waals surface area contributed by atoms with E-state index in [1.165, 1.54) is 12.4 Å². The molecule has 0 aliphatic heterocycles. The average Bonchev–Trinajstić information content (AvgIpc) is 2.33. The van der Waals surface area contributed by atoms with Gasteiger partial charge in [-0.1, -0.05) is 0 Å². The van der Waals surface area contributed by atoms with Crippen LogP contribution in [0, 0.1) is 0 Å². The first-order chi connectivity index (χ1) is 10.1. The summed E-state index contributed by atoms with van der Waals surface area (Å²) in [6, 6.07) is 0. The quantitative estimate of drug-likeness (QED) is 0.868. The number of carboxylic acid groups (broad SMARTS) is 1. The van der Waals surface area contributed by atoms with Gasteiger partial charge in [-0.25, -0.2) is 14.8 Å². The summed E-state index contributed by atoms with van der Waals surface area (Å²) < 4.78 is 5.05. The van der Waals surface area contributed by atoms with Gasteiger partial charge in [0.25, 0.3) is 0 Å². The summed E-state index contributed by atoms with van der Waals surface area (Å²) in [6.45, 7) is 5.17. The second-order valence-corrected chi connectivity index (χ2v) is 6.20. The minimum absolute atomic E-state index is 0.00388. The van der Waals surface area contributed by atoms with E-state index in [1.807, 2.05) is 0 Å². The number of amides is 1. The van der Waals surface area contributed by atoms with Gasteiger partial charge in [-0.3, -0.25) is 14.9 Å². The van der Waals surface area contributed by atoms with Crippen LogP contribution < -0.4 is 5.32 Å². The first kappa shape index (κ1) is 15.9. The lowest BCUT2D eigenvalue weighted by molar-refractivity contribution is -0.153. The number of aromatic nitrogens is 2. The van der Waals surface area contributed by atoms with Crippen molar-refractivity contribution in [2.24, 2.45) is 0 Å². The highest BCUT2D eigenvalue weighted by molar-refractivity contribution is 6.01. The fraction of sp³-hybridized carbons (Fsp3) is 0.500. The fourth-order valence-corrected chi connectivity index (χ4v) is 2.13. The van der Waals surface area contributed by atoms with Crippen molar-refractivity contribution in [1.82, 2.24) is 9.97 Å². The van der Waals surface area contributed by atoms with Crippen molar-refractivity contribution in [2.45, 2.75) is 44.6 Å². The molecule has 1 aromatic rings. The van der Waals surface area contributed by atoms with Crippen LogP contribution in [0.2, 0.25) is 0 Å². The number of carbonyl (C=O) groups is 3. The number of ketones is 1. The molecule has 8 nitrogen and oxygen atoms in total. The molecule has 0 saturated heterocycles. The smallest absolute Gasteiger partial charge is 0.414 e. The Bertz CT molecular complexity index is 610. The van der Waals surface area contributed by atoms with E-state index in [9.17, 15) is 19.5 Å². The molecular formula is C14H17N3O5. The Morgan fingerprint density at radius 2 is 1.82 bits per heavy atom. The molecule has 0 radical (unpaired) electrons. The van der Waals surface area contributed by atoms with Crippen LogP contribution in [0.1, 0.15) is 39.2 Å². The van der Waals surface area contributed by atoms with Crippen LogP contribution in [0.3, 0.4) is 0 Å². The van der Waals surface area contributed by atoms with Gasteiger partial charge in [0, 0.05) is 30.8 Å². The number of rotatable bonds is 3. The van der Waals surface area contributed by atoms with E-state index in [0.717, 1.165) is 0 Å². The van der Waals surface area contributed by atoms with E-state index in [-0.39, 0.29) is 24.6 Å². The van der Waals surface area contributed by atoms with Gasteiger partial charge in [0.2, 0.25) is 5.95 Å². The van der Waals surface area contributed by atoms with E-state index < -0.39 is 23.1 Å². The lowest BCUT2D eigenvalue weighted by Gasteiger charge is -2.35. The Labute approximate surface area is 126 Å². The summed E-state index contributed by atoms with van der Waals surface area (Å²) >= 11 is 0. The normalized spacial score (nSPS) is 16.6. The van der Waals surface area contributed by atoms with Crippen LogP contribution in [0.15, 0.2) is 12.4 Å². The van der Waals surface area contributed by atoms with Gasteiger partial charge < -0.3 is 9.84 Å². The number of nitrogens with zero attached hydrogens (tertiary/aromatic N) is 2. The number of hydrogen-bond donors (Lipinski definition) is 2. The molecule has 8 heteroatoms. The number of nitrogens with one attached hydrogen (secondary N) is 1. The lowest BCUT2D eigenvalue weighted by Crippen LogP contribution is -2.48. The van der Waals surface area contributed by atoms with Crippen LogP contribution >= 0.6 is 0 Å². The molecule has 0 unspecified atom stereocenters. The van der Waals surface area contributed by atoms with Crippen molar-refractivity contribution in [3.8, 4) is 0 Å². The third kappa shape index (κ3) is 3.21. The third-order valence-corrected chi connectivity index (χ3v) is 3.22. The van der Waals surface area contributed by atoms with Crippen molar-refractivity contribution in [3.63, 3.8) is 0 Å². The number of carbonyl (C=O) groups excluding carboxylic acids is 2. The zero-order valence-corrected chi connectivity index (χ0v) is 12.5. The first-order valence-corrected chi connectivity index (χ1v) is 6.70. The predicted molar refractivity (Wildman–Crippen MR) is 75.4 cm³/mol. The molecule has 0 bridgehead atoms. The standard InChI is InChI=1S/C14H17N3O5/c1-13(2,3)22-12(21)17-11-15-6-8(7-16-11)14(10(19)20)4-9(18)5-14/h6-7H,4-5H2,1-3H3,(H,19,20)(H,15,16,17,21). The van der Waals surface area contributed by atoms with Crippen LogP contribution in [0.25, 0.3) is 0 Å². The number of carboxylic acids is 1. The number of hydrogen-bond acceptors (Lipinski definition) is 6. The Morgan fingerprint density at radius 3 is 2.23 bits per heavy atom. The van der Waals surface area contributed by atoms with Crippen LogP contribution in [0.5, 0.6) is 0 Å². The third-order valence-electron chi connectivity index (χ3n) is 3.22. The zero-order valence-electron chi connectivity index (χ0n) is 12.5. The average molecular weight is 307 g/mol. The zero-order chi connectivity index (χ0) is 16.5. The minimum Gasteiger partial charge on any atom is -0.481 e. The van der Waals surface area contributed by atoms with E-state index in [4.69, 9.17) is 4.74 Å². The summed E-state index contributed by atoms with van der Waals surface area (Å²) in [5.41, 5.74) is -1.56. The minimum atomic E-state index is -1.25. The molecular weight excluding hydrogens is 290 g/mol. The molecule has 1 heterocycles. The SMILES string of the molecule is CC(C)(C)OC(=O)Nc1ncc(C2(C(=O)O)CC(=O)C2)cn1. The predicted octanol–water partition coefficient (Wildman–Crippen LogP) is 1.51. The van der Waals surface area contributed by atoms with Crippen molar-refractivity contribution in [2.75, 3.05) is 5.32 Å². The van der Waals surface area contributed by atoms with Gasteiger partial charge >= 0.3 is 12.1 Å². The maximum absolute atomic E-state index is 11.6. The molecule has 22 heavy (non-hydrogen) atoms. The van der Waals surface area contributed by atoms with Crippen LogP contribution in [0.4, 0.5) is 10.7 Å². The first-order valence-electron chi connectivity index (χ1n) is 6.70. The molecule has 1 aliphatic carbocycles. The molecule has 0 spiro atoms. The monoisotopic (exact) mass is 307 g/mol. The second kappa shape index (κ2) is 5.36. The maximum atomic E-state index is 11.6. The second-order valence-electron chi connectivity index (χ2n) is 6.20. The highest BCUT2D eigenvalue weighted by Gasteiger charge is 2.52. The molecule has 0 atom stereocenters. The Hall–Kier alpha value is -2.51. The van der Waals surface area contributed by atoms with Gasteiger partial charge in [0.05, 0.1) is 0 Å². The molecule has 1 fully saturated rings. The summed E-state index contributed by atoms with van der Waals surface area (Å²) in [5.74, 6) is -1.19. The number of ether oxygens (including phenoxy) is 1. The van der Waals surface area contributed by atoms with Gasteiger partial charge in [0.1, 0.15) is 16.8 Å². The van der Waals surface area contributed by atoms with E-state index in [0.29, 0.717) is 5.56 Å². The molecule has 0 aromatic carbocycles. The molecule has 2 rings (SSSR count). The lowest BCUT2D eigenvalue weighted by atomic mass is 9.64. The molecule has 2 N–H and O–H groups in total. The number of anilines is 1. The summed E-state index contributed by atoms with van der Waals surface area (Å²) in [4.78, 5) is 41.9. The molecule has 1 aliphatic rings. The Morgan fingerprint density at radius 1 is 1.27 bits per heavy atom. The highest BCUT2D eigenvalue weighted by Crippen LogP contribution is 2.41. The van der Waals surface area contributed by atoms with Crippen molar-refractivity contribution >= 4 is 23.8 Å². The van der Waals surface area contributed by atoms with Crippen molar-refractivity contribution in [1.29, 1.82) is 0 Å². The van der Waals surface area contributed by atoms with Gasteiger partial charge in [-0.05, 0) is 20.8 Å². The highest BCUT2D eigenvalue weighted by atomic mass is 16.6. The van der Waals surface area contributed by atoms with E-state index in [2.05, 4.69) is 15.3 Å². The van der Waals surface area contributed by atoms with Gasteiger partial charge in [-0.15, -0.1) is 0 Å². The molecule has 1 aromatic heterocycles. The summed E-state index contributed by atoms with van der Waals surface area (Å²) in [7, 11) is 0. The largest absolute Gasteiger partial charge is 0.481 e. The van der Waals surface area contributed by atoms with Crippen LogP contribution in [-0.2, 0) is 19.7 Å². The van der Waals surface area contributed by atoms with Crippen molar-refractivity contribution < 1.29 is 24.2 Å². The topological polar surface area (TPSA) is 118 Å². The van der Waals surface area contributed by atoms with E-state index in [1.54, 1.807) is 20.8 Å². The van der Waals surface area contributed by atoms with Crippen molar-refractivity contribution in [3.05, 3.63) is 18.0 Å². The molecule has 1 amide bonds. The molecule has 1 saturated carbocycles. The summed E-state index contributed by atoms with van der Waals surface area (Å²) in [5, 5.41) is 11.7. The Kier molecular flexibility index (Phi) is 3.87. The number of aliphatic carboxylic acids is 1. The maximum Gasteiger partial charge on any atom is 0.414 e. The number of Topliss-reactive ketones (excluding diaryl/α,β-unsaturated/α-hetero) is 1. The van der Waals surface area contributed by atoms with Gasteiger partial charge in [0.15, 0.2) is 0 Å². The fourth-order valence-electron chi connectivity index (χ4n) is 2.13. The van der Waals surface area contributed by atoms with Crippen LogP contribution in [-0.4, -0.2) is 38.5 Å². The summed E-state index contributed by atoms with van der Waals surface area (Å²) in [6.07, 6.45) is 1.78. The molecule has 118 valence electrons.